The molecule has 3 heteroatoms. The second-order valence-electron chi connectivity index (χ2n) is 5.38. The smallest absolute Gasteiger partial charge is 0.126 e. The SMILES string of the molecule is Nc1ncccc1CC(N)C1(c2ccccc2)CC1. The maximum Gasteiger partial charge on any atom is 0.126 e. The summed E-state index contributed by atoms with van der Waals surface area (Å²) in [5.74, 6) is 0.599. The van der Waals surface area contributed by atoms with Gasteiger partial charge in [-0.2, -0.15) is 0 Å². The van der Waals surface area contributed by atoms with E-state index >= 15 is 0 Å². The van der Waals surface area contributed by atoms with Crippen molar-refractivity contribution in [2.75, 3.05) is 5.73 Å². The first-order valence-corrected chi connectivity index (χ1v) is 6.73. The third kappa shape index (κ3) is 2.22. The number of aromatic nitrogens is 1. The van der Waals surface area contributed by atoms with Crippen LogP contribution in [0, 0.1) is 0 Å². The molecule has 1 fully saturated rings. The molecule has 1 atom stereocenters. The fourth-order valence-electron chi connectivity index (χ4n) is 2.83. The van der Waals surface area contributed by atoms with Crippen LogP contribution in [0.1, 0.15) is 24.0 Å². The number of rotatable bonds is 4. The van der Waals surface area contributed by atoms with Gasteiger partial charge < -0.3 is 11.5 Å². The summed E-state index contributed by atoms with van der Waals surface area (Å²) >= 11 is 0. The zero-order valence-corrected chi connectivity index (χ0v) is 10.9. The van der Waals surface area contributed by atoms with Gasteiger partial charge in [0.1, 0.15) is 5.82 Å². The minimum atomic E-state index is 0.0985. The van der Waals surface area contributed by atoms with Gasteiger partial charge in [0.05, 0.1) is 0 Å². The summed E-state index contributed by atoms with van der Waals surface area (Å²) in [6.07, 6.45) is 4.83. The molecular formula is C16H19N3. The summed E-state index contributed by atoms with van der Waals surface area (Å²) in [6.45, 7) is 0. The molecule has 4 N–H and O–H groups in total. The number of hydrogen-bond acceptors (Lipinski definition) is 3. The van der Waals surface area contributed by atoms with Crippen molar-refractivity contribution < 1.29 is 0 Å². The summed E-state index contributed by atoms with van der Waals surface area (Å²) < 4.78 is 0. The van der Waals surface area contributed by atoms with E-state index in [-0.39, 0.29) is 11.5 Å². The standard InChI is InChI=1S/C16H19N3/c17-14(11-12-5-4-10-19-15(12)18)16(8-9-16)13-6-2-1-3-7-13/h1-7,10,14H,8-9,11,17H2,(H2,18,19). The van der Waals surface area contributed by atoms with Crippen LogP contribution in [0.15, 0.2) is 48.7 Å². The lowest BCUT2D eigenvalue weighted by molar-refractivity contribution is 0.514. The Morgan fingerprint density at radius 2 is 1.84 bits per heavy atom. The Morgan fingerprint density at radius 3 is 2.47 bits per heavy atom. The van der Waals surface area contributed by atoms with Gasteiger partial charge >= 0.3 is 0 Å². The van der Waals surface area contributed by atoms with Gasteiger partial charge in [-0.25, -0.2) is 4.98 Å². The second kappa shape index (κ2) is 4.67. The first-order chi connectivity index (χ1) is 9.22. The highest BCUT2D eigenvalue weighted by Crippen LogP contribution is 2.51. The largest absolute Gasteiger partial charge is 0.383 e. The number of anilines is 1. The first-order valence-electron chi connectivity index (χ1n) is 6.73. The molecule has 1 aromatic carbocycles. The zero-order chi connectivity index (χ0) is 13.3. The molecule has 0 saturated heterocycles. The topological polar surface area (TPSA) is 64.9 Å². The summed E-state index contributed by atoms with van der Waals surface area (Å²) in [4.78, 5) is 4.13. The minimum absolute atomic E-state index is 0.0985. The zero-order valence-electron chi connectivity index (χ0n) is 10.9. The van der Waals surface area contributed by atoms with Crippen LogP contribution in [0.2, 0.25) is 0 Å². The molecule has 1 aliphatic carbocycles. The van der Waals surface area contributed by atoms with Gasteiger partial charge in [0.15, 0.2) is 0 Å². The van der Waals surface area contributed by atoms with Crippen molar-refractivity contribution in [3.05, 3.63) is 59.8 Å². The molecule has 1 aromatic heterocycles. The van der Waals surface area contributed by atoms with Gasteiger partial charge in [-0.15, -0.1) is 0 Å². The average Bonchev–Trinajstić information content (AvgIpc) is 3.24. The summed E-state index contributed by atoms with van der Waals surface area (Å²) in [5.41, 5.74) is 14.9. The molecule has 0 aliphatic heterocycles. The van der Waals surface area contributed by atoms with Gasteiger partial charge in [0.2, 0.25) is 0 Å². The fraction of sp³-hybridized carbons (Fsp3) is 0.312. The number of nitrogens with two attached hydrogens (primary N) is 2. The van der Waals surface area contributed by atoms with E-state index < -0.39 is 0 Å². The number of nitrogens with zero attached hydrogens (tertiary/aromatic N) is 1. The maximum atomic E-state index is 6.46. The third-order valence-corrected chi connectivity index (χ3v) is 4.21. The second-order valence-corrected chi connectivity index (χ2v) is 5.38. The van der Waals surface area contributed by atoms with Crippen LogP contribution in [0.3, 0.4) is 0 Å². The summed E-state index contributed by atoms with van der Waals surface area (Å²) in [7, 11) is 0. The molecule has 1 heterocycles. The van der Waals surface area contributed by atoms with E-state index in [1.807, 2.05) is 18.2 Å². The molecule has 2 aromatic rings. The highest BCUT2D eigenvalue weighted by atomic mass is 14.8. The quantitative estimate of drug-likeness (QED) is 0.878. The van der Waals surface area contributed by atoms with Crippen LogP contribution in [0.5, 0.6) is 0 Å². The lowest BCUT2D eigenvalue weighted by atomic mass is 9.85. The van der Waals surface area contributed by atoms with Crippen molar-refractivity contribution in [3.63, 3.8) is 0 Å². The lowest BCUT2D eigenvalue weighted by Gasteiger charge is -2.24. The van der Waals surface area contributed by atoms with Gasteiger partial charge in [0.25, 0.3) is 0 Å². The van der Waals surface area contributed by atoms with Crippen LogP contribution in [0.4, 0.5) is 5.82 Å². The number of nitrogen functional groups attached to an aromatic ring is 1. The number of benzene rings is 1. The van der Waals surface area contributed by atoms with E-state index in [0.717, 1.165) is 12.0 Å². The van der Waals surface area contributed by atoms with Crippen molar-refractivity contribution in [1.29, 1.82) is 0 Å². The monoisotopic (exact) mass is 253 g/mol. The summed E-state index contributed by atoms with van der Waals surface area (Å²) in [6, 6.07) is 14.6. The Balaban J connectivity index is 1.82. The molecule has 0 bridgehead atoms. The summed E-state index contributed by atoms with van der Waals surface area (Å²) in [5, 5.41) is 0. The van der Waals surface area contributed by atoms with Crippen molar-refractivity contribution in [2.24, 2.45) is 5.73 Å². The van der Waals surface area contributed by atoms with Gasteiger partial charge in [-0.1, -0.05) is 36.4 Å². The molecule has 1 unspecified atom stereocenters. The maximum absolute atomic E-state index is 6.46. The van der Waals surface area contributed by atoms with Crippen LogP contribution in [-0.2, 0) is 11.8 Å². The van der Waals surface area contributed by atoms with Crippen LogP contribution >= 0.6 is 0 Å². The Morgan fingerprint density at radius 1 is 1.11 bits per heavy atom. The predicted molar refractivity (Wildman–Crippen MR) is 77.7 cm³/mol. The molecule has 19 heavy (non-hydrogen) atoms. The molecular weight excluding hydrogens is 234 g/mol. The van der Waals surface area contributed by atoms with Gasteiger partial charge in [-0.05, 0) is 36.5 Å². The molecule has 3 rings (SSSR count). The molecule has 98 valence electrons. The van der Waals surface area contributed by atoms with Crippen molar-refractivity contribution in [3.8, 4) is 0 Å². The predicted octanol–water partition coefficient (Wildman–Crippen LogP) is 2.27. The van der Waals surface area contributed by atoms with E-state index in [0.29, 0.717) is 5.82 Å². The molecule has 3 nitrogen and oxygen atoms in total. The third-order valence-electron chi connectivity index (χ3n) is 4.21. The van der Waals surface area contributed by atoms with E-state index in [2.05, 4.69) is 29.2 Å². The average molecular weight is 253 g/mol. The minimum Gasteiger partial charge on any atom is -0.383 e. The van der Waals surface area contributed by atoms with E-state index in [9.17, 15) is 0 Å². The molecule has 1 aliphatic rings. The van der Waals surface area contributed by atoms with Crippen molar-refractivity contribution in [1.82, 2.24) is 4.98 Å². The van der Waals surface area contributed by atoms with Crippen LogP contribution in [-0.4, -0.2) is 11.0 Å². The van der Waals surface area contributed by atoms with Crippen molar-refractivity contribution in [2.45, 2.75) is 30.7 Å². The van der Waals surface area contributed by atoms with E-state index in [1.54, 1.807) is 6.20 Å². The Hall–Kier alpha value is -1.87. The molecule has 1 saturated carbocycles. The van der Waals surface area contributed by atoms with Crippen LogP contribution < -0.4 is 11.5 Å². The van der Waals surface area contributed by atoms with Crippen molar-refractivity contribution >= 4 is 5.82 Å². The molecule has 0 radical (unpaired) electrons. The highest BCUT2D eigenvalue weighted by molar-refractivity contribution is 5.41. The van der Waals surface area contributed by atoms with Gasteiger partial charge in [0, 0.05) is 17.7 Å². The van der Waals surface area contributed by atoms with Gasteiger partial charge in [-0.3, -0.25) is 0 Å². The first kappa shape index (κ1) is 12.2. The van der Waals surface area contributed by atoms with E-state index in [4.69, 9.17) is 11.5 Å². The number of pyridine rings is 1. The van der Waals surface area contributed by atoms with E-state index in [1.165, 1.54) is 18.4 Å². The lowest BCUT2D eigenvalue weighted by Crippen LogP contribution is -2.37. The normalized spacial score (nSPS) is 17.9. The Kier molecular flexibility index (Phi) is 2.99. The highest BCUT2D eigenvalue weighted by Gasteiger charge is 2.48. The number of hydrogen-bond donors (Lipinski definition) is 2. The molecule has 0 spiro atoms. The Bertz CT molecular complexity index is 561. The molecule has 0 amide bonds. The Labute approximate surface area is 113 Å². The fourth-order valence-corrected chi connectivity index (χ4v) is 2.83. The van der Waals surface area contributed by atoms with Crippen LogP contribution in [0.25, 0.3) is 0 Å².